The number of nitrogens with one attached hydrogen (secondary N) is 1. The van der Waals surface area contributed by atoms with Crippen molar-refractivity contribution in [2.75, 3.05) is 36.5 Å². The Labute approximate surface area is 210 Å². The molecule has 4 heterocycles. The van der Waals surface area contributed by atoms with Gasteiger partial charge in [-0.3, -0.25) is 4.79 Å². The number of hydrogen-bond donors (Lipinski definition) is 2. The van der Waals surface area contributed by atoms with Crippen molar-refractivity contribution >= 4 is 23.5 Å². The SMILES string of the molecule is CC(=O)Nc1cc(-c2cccc(N3CCCOCC3)n2)nc(-n2nc(C)cc2C)n1.O=C(O)C(F)(F)F. The van der Waals surface area contributed by atoms with E-state index in [1.54, 1.807) is 10.7 Å². The minimum atomic E-state index is -5.08. The lowest BCUT2D eigenvalue weighted by Crippen LogP contribution is -2.26. The Hall–Kier alpha value is -4.07. The Bertz CT molecular complexity index is 1260. The van der Waals surface area contributed by atoms with Crippen molar-refractivity contribution in [2.24, 2.45) is 0 Å². The number of alkyl halides is 3. The van der Waals surface area contributed by atoms with Gasteiger partial charge in [0, 0.05) is 38.4 Å². The zero-order chi connectivity index (χ0) is 27.2. The molecule has 198 valence electrons. The van der Waals surface area contributed by atoms with Crippen LogP contribution in [0.4, 0.5) is 24.8 Å². The van der Waals surface area contributed by atoms with Crippen molar-refractivity contribution in [3.8, 4) is 17.3 Å². The molecule has 2 N–H and O–H groups in total. The predicted octanol–water partition coefficient (Wildman–Crippen LogP) is 3.16. The van der Waals surface area contributed by atoms with Crippen LogP contribution in [0.5, 0.6) is 0 Å². The van der Waals surface area contributed by atoms with Crippen LogP contribution in [-0.4, -0.2) is 74.2 Å². The minimum Gasteiger partial charge on any atom is -0.475 e. The second kappa shape index (κ2) is 11.8. The quantitative estimate of drug-likeness (QED) is 0.531. The molecule has 0 aromatic carbocycles. The van der Waals surface area contributed by atoms with Crippen LogP contribution in [0.2, 0.25) is 0 Å². The molecule has 1 saturated heterocycles. The zero-order valence-electron chi connectivity index (χ0n) is 20.4. The molecule has 11 nitrogen and oxygen atoms in total. The molecule has 1 fully saturated rings. The smallest absolute Gasteiger partial charge is 0.475 e. The van der Waals surface area contributed by atoms with Gasteiger partial charge in [-0.15, -0.1) is 0 Å². The first-order chi connectivity index (χ1) is 17.4. The Morgan fingerprint density at radius 1 is 1.05 bits per heavy atom. The number of pyridine rings is 1. The molecule has 14 heteroatoms. The number of carboxylic acid groups (broad SMARTS) is 1. The van der Waals surface area contributed by atoms with Crippen molar-refractivity contribution in [1.82, 2.24) is 24.7 Å². The third-order valence-electron chi connectivity index (χ3n) is 5.00. The first kappa shape index (κ1) is 27.5. The van der Waals surface area contributed by atoms with Crippen molar-refractivity contribution in [3.63, 3.8) is 0 Å². The Kier molecular flexibility index (Phi) is 8.76. The number of ether oxygens (including phenoxy) is 1. The van der Waals surface area contributed by atoms with Crippen molar-refractivity contribution in [1.29, 1.82) is 0 Å². The Balaban J connectivity index is 0.000000479. The summed E-state index contributed by atoms with van der Waals surface area (Å²) in [6, 6.07) is 9.55. The number of nitrogens with zero attached hydrogens (tertiary/aromatic N) is 6. The van der Waals surface area contributed by atoms with Crippen LogP contribution in [0, 0.1) is 13.8 Å². The number of anilines is 2. The first-order valence-electron chi connectivity index (χ1n) is 11.2. The molecule has 1 aliphatic heterocycles. The highest BCUT2D eigenvalue weighted by molar-refractivity contribution is 5.88. The van der Waals surface area contributed by atoms with Gasteiger partial charge >= 0.3 is 12.1 Å². The molecule has 4 rings (SSSR count). The largest absolute Gasteiger partial charge is 0.490 e. The molecular weight excluding hydrogens is 495 g/mol. The highest BCUT2D eigenvalue weighted by atomic mass is 19.4. The summed E-state index contributed by atoms with van der Waals surface area (Å²) in [7, 11) is 0. The highest BCUT2D eigenvalue weighted by Gasteiger charge is 2.38. The van der Waals surface area contributed by atoms with E-state index in [2.05, 4.69) is 20.3 Å². The Morgan fingerprint density at radius 2 is 1.78 bits per heavy atom. The van der Waals surface area contributed by atoms with Gasteiger partial charge in [0.05, 0.1) is 23.7 Å². The van der Waals surface area contributed by atoms with E-state index >= 15 is 0 Å². The summed E-state index contributed by atoms with van der Waals surface area (Å²) in [5.41, 5.74) is 3.09. The van der Waals surface area contributed by atoms with Crippen LogP contribution in [-0.2, 0) is 14.3 Å². The fourth-order valence-electron chi connectivity index (χ4n) is 3.45. The van der Waals surface area contributed by atoms with Crippen LogP contribution in [0.25, 0.3) is 17.3 Å². The summed E-state index contributed by atoms with van der Waals surface area (Å²) < 4.78 is 39.0. The van der Waals surface area contributed by atoms with Crippen molar-refractivity contribution in [3.05, 3.63) is 41.7 Å². The summed E-state index contributed by atoms with van der Waals surface area (Å²) in [6.07, 6.45) is -4.12. The predicted molar refractivity (Wildman–Crippen MR) is 128 cm³/mol. The van der Waals surface area contributed by atoms with Gasteiger partial charge in [-0.2, -0.15) is 23.3 Å². The van der Waals surface area contributed by atoms with Crippen LogP contribution >= 0.6 is 0 Å². The number of hydrogen-bond acceptors (Lipinski definition) is 8. The molecule has 3 aromatic heterocycles. The second-order valence-corrected chi connectivity index (χ2v) is 8.10. The van der Waals surface area contributed by atoms with E-state index in [1.165, 1.54) is 6.92 Å². The molecule has 0 atom stereocenters. The van der Waals surface area contributed by atoms with Crippen molar-refractivity contribution in [2.45, 2.75) is 33.4 Å². The van der Waals surface area contributed by atoms with Crippen LogP contribution in [0.3, 0.4) is 0 Å². The molecule has 1 aliphatic rings. The molecule has 0 unspecified atom stereocenters. The monoisotopic (exact) mass is 521 g/mol. The normalized spacial score (nSPS) is 13.8. The lowest BCUT2D eigenvalue weighted by atomic mass is 10.2. The van der Waals surface area contributed by atoms with Gasteiger partial charge in [0.25, 0.3) is 5.95 Å². The van der Waals surface area contributed by atoms with E-state index in [4.69, 9.17) is 24.6 Å². The van der Waals surface area contributed by atoms with Gasteiger partial charge in [-0.25, -0.2) is 19.4 Å². The third-order valence-corrected chi connectivity index (χ3v) is 5.00. The average Bonchev–Trinajstić information content (AvgIpc) is 3.00. The van der Waals surface area contributed by atoms with Crippen molar-refractivity contribution < 1.29 is 32.6 Å². The molecular formula is C23H26F3N7O4. The average molecular weight is 522 g/mol. The minimum absolute atomic E-state index is 0.203. The number of rotatable bonds is 4. The number of amides is 1. The molecule has 0 aliphatic carbocycles. The lowest BCUT2D eigenvalue weighted by molar-refractivity contribution is -0.192. The van der Waals surface area contributed by atoms with E-state index in [0.717, 1.165) is 43.3 Å². The van der Waals surface area contributed by atoms with Gasteiger partial charge in [-0.05, 0) is 38.5 Å². The standard InChI is InChI=1S/C21H25N7O2.C2HF3O2/c1-14-12-15(2)28(26-14)21-24-18(13-19(25-21)22-16(3)29)17-6-4-7-20(23-17)27-8-5-10-30-11-9-27;3-2(4,5)1(6)7/h4,6-7,12-13H,5,8-11H2,1-3H3,(H,22,24,25,29);(H,6,7). The summed E-state index contributed by atoms with van der Waals surface area (Å²) in [6.45, 7) is 8.46. The lowest BCUT2D eigenvalue weighted by Gasteiger charge is -2.21. The van der Waals surface area contributed by atoms with Crippen LogP contribution < -0.4 is 10.2 Å². The summed E-state index contributed by atoms with van der Waals surface area (Å²) in [4.78, 5) is 36.7. The van der Waals surface area contributed by atoms with E-state index < -0.39 is 12.1 Å². The number of halogens is 3. The molecule has 0 radical (unpaired) electrons. The number of carboxylic acids is 1. The highest BCUT2D eigenvalue weighted by Crippen LogP contribution is 2.23. The van der Waals surface area contributed by atoms with Gasteiger partial charge in [0.2, 0.25) is 5.91 Å². The maximum absolute atomic E-state index is 11.6. The maximum atomic E-state index is 11.6. The maximum Gasteiger partial charge on any atom is 0.490 e. The van der Waals surface area contributed by atoms with E-state index in [0.29, 0.717) is 29.8 Å². The summed E-state index contributed by atoms with van der Waals surface area (Å²) in [5, 5.41) is 14.4. The van der Waals surface area contributed by atoms with E-state index in [9.17, 15) is 18.0 Å². The number of aliphatic carboxylic acids is 1. The molecule has 0 spiro atoms. The first-order valence-corrected chi connectivity index (χ1v) is 11.2. The molecule has 0 saturated carbocycles. The number of carbonyl (C=O) groups is 2. The summed E-state index contributed by atoms with van der Waals surface area (Å²) >= 11 is 0. The van der Waals surface area contributed by atoms with E-state index in [1.807, 2.05) is 38.1 Å². The van der Waals surface area contributed by atoms with Gasteiger partial charge in [-0.1, -0.05) is 6.07 Å². The topological polar surface area (TPSA) is 135 Å². The molecule has 3 aromatic rings. The molecule has 1 amide bonds. The fourth-order valence-corrected chi connectivity index (χ4v) is 3.45. The zero-order valence-corrected chi connectivity index (χ0v) is 20.4. The molecule has 37 heavy (non-hydrogen) atoms. The Morgan fingerprint density at radius 3 is 2.41 bits per heavy atom. The number of carbonyl (C=O) groups excluding carboxylic acids is 1. The third kappa shape index (κ3) is 7.70. The number of aryl methyl sites for hydroxylation is 2. The fraction of sp³-hybridized carbons (Fsp3) is 0.391. The van der Waals surface area contributed by atoms with Gasteiger partial charge in [0.15, 0.2) is 0 Å². The molecule has 0 bridgehead atoms. The van der Waals surface area contributed by atoms with Crippen LogP contribution in [0.1, 0.15) is 24.7 Å². The summed E-state index contributed by atoms with van der Waals surface area (Å²) in [5.74, 6) is -1.29. The second-order valence-electron chi connectivity index (χ2n) is 8.10. The van der Waals surface area contributed by atoms with E-state index in [-0.39, 0.29) is 5.91 Å². The van der Waals surface area contributed by atoms with Gasteiger partial charge in [0.1, 0.15) is 11.6 Å². The number of aromatic nitrogens is 5. The van der Waals surface area contributed by atoms with Gasteiger partial charge < -0.3 is 20.1 Å². The van der Waals surface area contributed by atoms with Crippen LogP contribution in [0.15, 0.2) is 30.3 Å².